The maximum Gasteiger partial charge on any atom is 0.261 e. The maximum absolute atomic E-state index is 12.9. The lowest BCUT2D eigenvalue weighted by Crippen LogP contribution is -2.45. The van der Waals surface area contributed by atoms with Crippen molar-refractivity contribution in [2.45, 2.75) is 17.9 Å². The molecule has 0 aliphatic carbocycles. The number of para-hydroxylation sites is 1. The smallest absolute Gasteiger partial charge is 0.261 e. The Morgan fingerprint density at radius 3 is 2.14 bits per heavy atom. The van der Waals surface area contributed by atoms with Crippen LogP contribution in [-0.4, -0.2) is 42.2 Å². The highest BCUT2D eigenvalue weighted by Crippen LogP contribution is 2.31. The fourth-order valence-electron chi connectivity index (χ4n) is 3.31. The standard InChI is InChI=1S/C23H23Cl2N3O6S2/c1-15(28(35(3,30)31)17-10-13-22(34-2)20(25)14-17)23(29)26-16-8-11-18(12-9-16)36(32,33)27-21-7-5-4-6-19(21)24/h4-15,27H,1-3H3,(H,26,29). The van der Waals surface area contributed by atoms with Gasteiger partial charge < -0.3 is 10.1 Å². The molecule has 3 aromatic rings. The van der Waals surface area contributed by atoms with Crippen molar-refractivity contribution in [3.63, 3.8) is 0 Å². The minimum atomic E-state index is -3.93. The van der Waals surface area contributed by atoms with Crippen LogP contribution in [0.25, 0.3) is 0 Å². The molecular formula is C23H23Cl2N3O6S2. The molecule has 2 N–H and O–H groups in total. The summed E-state index contributed by atoms with van der Waals surface area (Å²) in [4.78, 5) is 12.9. The van der Waals surface area contributed by atoms with Gasteiger partial charge in [0, 0.05) is 5.69 Å². The number of halogens is 2. The molecule has 13 heteroatoms. The second kappa shape index (κ2) is 11.0. The molecule has 1 atom stereocenters. The van der Waals surface area contributed by atoms with Crippen LogP contribution in [0.15, 0.2) is 71.6 Å². The van der Waals surface area contributed by atoms with Gasteiger partial charge in [0.2, 0.25) is 15.9 Å². The number of benzene rings is 3. The first kappa shape index (κ1) is 27.6. The summed E-state index contributed by atoms with van der Waals surface area (Å²) in [5.74, 6) is -0.290. The average molecular weight is 572 g/mol. The van der Waals surface area contributed by atoms with E-state index in [9.17, 15) is 21.6 Å². The SMILES string of the molecule is COc1ccc(N(C(C)C(=O)Nc2ccc(S(=O)(=O)Nc3ccccc3Cl)cc2)S(C)(=O)=O)cc1Cl. The Hall–Kier alpha value is -2.99. The number of amides is 1. The van der Waals surface area contributed by atoms with Gasteiger partial charge in [-0.1, -0.05) is 35.3 Å². The van der Waals surface area contributed by atoms with Crippen molar-refractivity contribution >= 4 is 66.2 Å². The molecule has 0 heterocycles. The predicted octanol–water partition coefficient (Wildman–Crippen LogP) is 4.60. The third-order valence-electron chi connectivity index (χ3n) is 5.03. The molecule has 9 nitrogen and oxygen atoms in total. The van der Waals surface area contributed by atoms with Gasteiger partial charge in [0.1, 0.15) is 11.8 Å². The monoisotopic (exact) mass is 571 g/mol. The van der Waals surface area contributed by atoms with Crippen LogP contribution >= 0.6 is 23.2 Å². The first-order chi connectivity index (χ1) is 16.8. The van der Waals surface area contributed by atoms with Gasteiger partial charge in [0.05, 0.1) is 39.7 Å². The lowest BCUT2D eigenvalue weighted by molar-refractivity contribution is -0.116. The second-order valence-electron chi connectivity index (χ2n) is 7.65. The summed E-state index contributed by atoms with van der Waals surface area (Å²) in [6, 6.07) is 15.0. The third-order valence-corrected chi connectivity index (χ3v) is 8.28. The van der Waals surface area contributed by atoms with Crippen LogP contribution in [0.5, 0.6) is 5.75 Å². The minimum Gasteiger partial charge on any atom is -0.495 e. The number of carbonyl (C=O) groups is 1. The first-order valence-electron chi connectivity index (χ1n) is 10.3. The van der Waals surface area contributed by atoms with Crippen molar-refractivity contribution in [1.82, 2.24) is 0 Å². The Morgan fingerprint density at radius 2 is 1.58 bits per heavy atom. The van der Waals surface area contributed by atoms with Gasteiger partial charge >= 0.3 is 0 Å². The highest BCUT2D eigenvalue weighted by Gasteiger charge is 2.30. The van der Waals surface area contributed by atoms with Gasteiger partial charge in [0.25, 0.3) is 10.0 Å². The topological polar surface area (TPSA) is 122 Å². The molecule has 0 spiro atoms. The molecule has 0 fully saturated rings. The summed E-state index contributed by atoms with van der Waals surface area (Å²) in [5.41, 5.74) is 0.674. The summed E-state index contributed by atoms with van der Waals surface area (Å²) < 4.78 is 58.8. The molecule has 36 heavy (non-hydrogen) atoms. The Labute approximate surface area is 220 Å². The normalized spacial score (nSPS) is 12.5. The predicted molar refractivity (Wildman–Crippen MR) is 142 cm³/mol. The van der Waals surface area contributed by atoms with Gasteiger partial charge in [-0.25, -0.2) is 16.8 Å². The second-order valence-corrected chi connectivity index (χ2v) is 12.0. The fourth-order valence-corrected chi connectivity index (χ4v) is 6.05. The van der Waals surface area contributed by atoms with Crippen molar-refractivity contribution < 1.29 is 26.4 Å². The number of hydrogen-bond donors (Lipinski definition) is 2. The lowest BCUT2D eigenvalue weighted by Gasteiger charge is -2.28. The molecule has 3 aromatic carbocycles. The van der Waals surface area contributed by atoms with E-state index in [0.717, 1.165) is 10.6 Å². The molecule has 0 radical (unpaired) electrons. The number of anilines is 3. The van der Waals surface area contributed by atoms with E-state index in [-0.39, 0.29) is 32.0 Å². The van der Waals surface area contributed by atoms with E-state index in [4.69, 9.17) is 27.9 Å². The van der Waals surface area contributed by atoms with Crippen LogP contribution in [0.1, 0.15) is 6.92 Å². The molecule has 0 saturated carbocycles. The summed E-state index contributed by atoms with van der Waals surface area (Å²) in [7, 11) is -6.38. The quantitative estimate of drug-likeness (QED) is 0.387. The Kier molecular flexibility index (Phi) is 8.40. The number of rotatable bonds is 9. The Morgan fingerprint density at radius 1 is 0.944 bits per heavy atom. The number of sulfonamides is 2. The first-order valence-corrected chi connectivity index (χ1v) is 14.4. The van der Waals surface area contributed by atoms with Gasteiger partial charge in [0.15, 0.2) is 0 Å². The van der Waals surface area contributed by atoms with E-state index >= 15 is 0 Å². The van der Waals surface area contributed by atoms with Crippen LogP contribution < -0.4 is 19.1 Å². The molecule has 0 saturated heterocycles. The number of nitrogens with one attached hydrogen (secondary N) is 2. The van der Waals surface area contributed by atoms with E-state index in [0.29, 0.717) is 5.75 Å². The fraction of sp³-hybridized carbons (Fsp3) is 0.174. The summed E-state index contributed by atoms with van der Waals surface area (Å²) in [6.07, 6.45) is 0.973. The van der Waals surface area contributed by atoms with E-state index in [1.807, 2.05) is 0 Å². The van der Waals surface area contributed by atoms with Crippen LogP contribution in [0.2, 0.25) is 10.0 Å². The zero-order chi connectivity index (χ0) is 26.7. The van der Waals surface area contributed by atoms with Crippen molar-refractivity contribution in [1.29, 1.82) is 0 Å². The van der Waals surface area contributed by atoms with Gasteiger partial charge in [-0.3, -0.25) is 13.8 Å². The molecular weight excluding hydrogens is 549 g/mol. The molecule has 1 amide bonds. The molecule has 1 unspecified atom stereocenters. The van der Waals surface area contributed by atoms with E-state index < -0.39 is 32.0 Å². The van der Waals surface area contributed by atoms with Gasteiger partial charge in [-0.05, 0) is 61.5 Å². The van der Waals surface area contributed by atoms with Crippen LogP contribution in [-0.2, 0) is 24.8 Å². The van der Waals surface area contributed by atoms with Crippen LogP contribution in [0.4, 0.5) is 17.1 Å². The number of hydrogen-bond acceptors (Lipinski definition) is 6. The van der Waals surface area contributed by atoms with Gasteiger partial charge in [-0.2, -0.15) is 0 Å². The van der Waals surface area contributed by atoms with Crippen molar-refractivity contribution in [2.75, 3.05) is 27.7 Å². The zero-order valence-corrected chi connectivity index (χ0v) is 22.5. The lowest BCUT2D eigenvalue weighted by atomic mass is 10.2. The van der Waals surface area contributed by atoms with Gasteiger partial charge in [-0.15, -0.1) is 0 Å². The van der Waals surface area contributed by atoms with E-state index in [1.54, 1.807) is 18.2 Å². The maximum atomic E-state index is 12.9. The summed E-state index contributed by atoms with van der Waals surface area (Å²) >= 11 is 12.2. The molecule has 3 rings (SSSR count). The largest absolute Gasteiger partial charge is 0.495 e. The van der Waals surface area contributed by atoms with E-state index in [1.165, 1.54) is 62.6 Å². The molecule has 0 aliphatic heterocycles. The third kappa shape index (κ3) is 6.41. The molecule has 0 aliphatic rings. The Bertz CT molecular complexity index is 1480. The van der Waals surface area contributed by atoms with Crippen LogP contribution in [0.3, 0.4) is 0 Å². The van der Waals surface area contributed by atoms with Crippen molar-refractivity contribution in [3.05, 3.63) is 76.8 Å². The number of ether oxygens (including phenoxy) is 1. The number of nitrogens with zero attached hydrogens (tertiary/aromatic N) is 1. The minimum absolute atomic E-state index is 0.0564. The number of carbonyl (C=O) groups excluding carboxylic acids is 1. The zero-order valence-electron chi connectivity index (χ0n) is 19.4. The van der Waals surface area contributed by atoms with Crippen molar-refractivity contribution in [3.8, 4) is 5.75 Å². The summed E-state index contributed by atoms with van der Waals surface area (Å²) in [5, 5.41) is 3.02. The molecule has 0 aromatic heterocycles. The molecule has 192 valence electrons. The average Bonchev–Trinajstić information content (AvgIpc) is 2.80. The highest BCUT2D eigenvalue weighted by atomic mass is 35.5. The highest BCUT2D eigenvalue weighted by molar-refractivity contribution is 7.92. The van der Waals surface area contributed by atoms with Crippen LogP contribution in [0, 0.1) is 0 Å². The Balaban J connectivity index is 1.79. The van der Waals surface area contributed by atoms with E-state index in [2.05, 4.69) is 10.0 Å². The molecule has 0 bridgehead atoms. The summed E-state index contributed by atoms with van der Waals surface area (Å²) in [6.45, 7) is 1.42. The van der Waals surface area contributed by atoms with Crippen molar-refractivity contribution in [2.24, 2.45) is 0 Å². The number of methoxy groups -OCH3 is 1.